The molecule has 0 unspecified atom stereocenters. The zero-order valence-corrected chi connectivity index (χ0v) is 10.2. The number of H-pyrrole nitrogens is 1. The van der Waals surface area contributed by atoms with Crippen molar-refractivity contribution in [2.75, 3.05) is 5.32 Å². The van der Waals surface area contributed by atoms with Crippen molar-refractivity contribution in [3.63, 3.8) is 0 Å². The second-order valence-corrected chi connectivity index (χ2v) is 4.28. The van der Waals surface area contributed by atoms with Gasteiger partial charge in [0.05, 0.1) is 5.52 Å². The van der Waals surface area contributed by atoms with Gasteiger partial charge in [-0.2, -0.15) is 0 Å². The van der Waals surface area contributed by atoms with Crippen molar-refractivity contribution in [1.82, 2.24) is 4.98 Å². The van der Waals surface area contributed by atoms with Gasteiger partial charge >= 0.3 is 5.76 Å². The molecule has 102 valence electrons. The number of hydrogen-bond donors (Lipinski definition) is 2. The zero-order chi connectivity index (χ0) is 14.1. The SMILES string of the molecule is O=c1[nH]c2cc(NCc3c(F)cccc3F)ccc2o1. The monoisotopic (exact) mass is 276 g/mol. The molecule has 0 aliphatic rings. The predicted octanol–water partition coefficient (Wildman–Crippen LogP) is 3.01. The molecule has 0 saturated heterocycles. The van der Waals surface area contributed by atoms with Crippen LogP contribution in [-0.2, 0) is 6.54 Å². The van der Waals surface area contributed by atoms with Gasteiger partial charge in [-0.05, 0) is 30.3 Å². The molecule has 3 rings (SSSR count). The Hall–Kier alpha value is -2.63. The molecule has 2 aromatic carbocycles. The predicted molar refractivity (Wildman–Crippen MR) is 70.5 cm³/mol. The molecule has 20 heavy (non-hydrogen) atoms. The molecule has 6 heteroatoms. The number of fused-ring (bicyclic) bond motifs is 1. The van der Waals surface area contributed by atoms with Gasteiger partial charge in [0.1, 0.15) is 11.6 Å². The topological polar surface area (TPSA) is 58.0 Å². The van der Waals surface area contributed by atoms with Crippen LogP contribution in [0.25, 0.3) is 11.1 Å². The van der Waals surface area contributed by atoms with Gasteiger partial charge in [0, 0.05) is 17.8 Å². The Balaban J connectivity index is 1.84. The molecular formula is C14H10F2N2O2. The fourth-order valence-corrected chi connectivity index (χ4v) is 1.95. The maximum Gasteiger partial charge on any atom is 0.417 e. The second-order valence-electron chi connectivity index (χ2n) is 4.28. The van der Waals surface area contributed by atoms with Crippen LogP contribution < -0.4 is 11.1 Å². The van der Waals surface area contributed by atoms with Crippen LogP contribution in [0, 0.1) is 11.6 Å². The van der Waals surface area contributed by atoms with Crippen LogP contribution in [0.15, 0.2) is 45.6 Å². The summed E-state index contributed by atoms with van der Waals surface area (Å²) >= 11 is 0. The maximum absolute atomic E-state index is 13.5. The number of hydrogen-bond acceptors (Lipinski definition) is 3. The molecule has 1 aromatic heterocycles. The van der Waals surface area contributed by atoms with Crippen molar-refractivity contribution < 1.29 is 13.2 Å². The fraction of sp³-hybridized carbons (Fsp3) is 0.0714. The lowest BCUT2D eigenvalue weighted by Gasteiger charge is -2.08. The zero-order valence-electron chi connectivity index (χ0n) is 10.2. The average Bonchev–Trinajstić information content (AvgIpc) is 2.77. The van der Waals surface area contributed by atoms with Crippen LogP contribution in [0.1, 0.15) is 5.56 Å². The van der Waals surface area contributed by atoms with Gasteiger partial charge < -0.3 is 9.73 Å². The molecule has 0 fully saturated rings. The lowest BCUT2D eigenvalue weighted by atomic mass is 10.2. The largest absolute Gasteiger partial charge is 0.417 e. The molecule has 0 saturated carbocycles. The molecular weight excluding hydrogens is 266 g/mol. The standard InChI is InChI=1S/C14H10F2N2O2/c15-10-2-1-3-11(16)9(10)7-17-8-4-5-13-12(6-8)18-14(19)20-13/h1-6,17H,7H2,(H,18,19). The molecule has 0 amide bonds. The Morgan fingerprint density at radius 1 is 1.15 bits per heavy atom. The second kappa shape index (κ2) is 4.80. The number of oxazole rings is 1. The van der Waals surface area contributed by atoms with E-state index in [0.29, 0.717) is 16.8 Å². The van der Waals surface area contributed by atoms with Crippen LogP contribution >= 0.6 is 0 Å². The van der Waals surface area contributed by atoms with Crippen molar-refractivity contribution in [2.45, 2.75) is 6.54 Å². The summed E-state index contributed by atoms with van der Waals surface area (Å²) in [6, 6.07) is 8.63. The Morgan fingerprint density at radius 2 is 1.90 bits per heavy atom. The summed E-state index contributed by atoms with van der Waals surface area (Å²) in [6.07, 6.45) is 0. The van der Waals surface area contributed by atoms with E-state index in [1.165, 1.54) is 18.2 Å². The first-order valence-electron chi connectivity index (χ1n) is 5.93. The van der Waals surface area contributed by atoms with E-state index in [0.717, 1.165) is 0 Å². The van der Waals surface area contributed by atoms with E-state index >= 15 is 0 Å². The molecule has 0 aliphatic carbocycles. The minimum atomic E-state index is -0.602. The van der Waals surface area contributed by atoms with Crippen molar-refractivity contribution >= 4 is 16.8 Å². The highest BCUT2D eigenvalue weighted by atomic mass is 19.1. The highest BCUT2D eigenvalue weighted by molar-refractivity contribution is 5.76. The van der Waals surface area contributed by atoms with Crippen LogP contribution in [0.3, 0.4) is 0 Å². The van der Waals surface area contributed by atoms with Gasteiger partial charge in [-0.3, -0.25) is 4.98 Å². The van der Waals surface area contributed by atoms with Gasteiger partial charge in [-0.1, -0.05) is 6.07 Å². The highest BCUT2D eigenvalue weighted by Crippen LogP contribution is 2.18. The summed E-state index contributed by atoms with van der Waals surface area (Å²) in [5.74, 6) is -1.75. The number of nitrogens with one attached hydrogen (secondary N) is 2. The third-order valence-corrected chi connectivity index (χ3v) is 2.95. The third-order valence-electron chi connectivity index (χ3n) is 2.95. The van der Waals surface area contributed by atoms with E-state index < -0.39 is 17.4 Å². The van der Waals surface area contributed by atoms with Crippen molar-refractivity contribution in [3.05, 3.63) is 64.1 Å². The molecule has 0 atom stereocenters. The number of aromatic nitrogens is 1. The highest BCUT2D eigenvalue weighted by Gasteiger charge is 2.08. The Bertz CT molecular complexity index is 803. The first-order valence-corrected chi connectivity index (χ1v) is 5.93. The normalized spacial score (nSPS) is 10.9. The van der Waals surface area contributed by atoms with Gasteiger partial charge in [-0.15, -0.1) is 0 Å². The Kier molecular flexibility index (Phi) is 2.98. The lowest BCUT2D eigenvalue weighted by molar-refractivity contribution is 0.555. The smallest absolute Gasteiger partial charge is 0.408 e. The number of anilines is 1. The molecule has 1 heterocycles. The maximum atomic E-state index is 13.5. The molecule has 4 nitrogen and oxygen atoms in total. The van der Waals surface area contributed by atoms with Crippen LogP contribution in [-0.4, -0.2) is 4.98 Å². The first kappa shape index (κ1) is 12.4. The van der Waals surface area contributed by atoms with Crippen LogP contribution in [0.4, 0.5) is 14.5 Å². The first-order chi connectivity index (χ1) is 9.63. The van der Waals surface area contributed by atoms with Crippen LogP contribution in [0.5, 0.6) is 0 Å². The van der Waals surface area contributed by atoms with E-state index in [1.54, 1.807) is 18.2 Å². The molecule has 3 aromatic rings. The summed E-state index contributed by atoms with van der Waals surface area (Å²) in [7, 11) is 0. The Morgan fingerprint density at radius 3 is 2.65 bits per heavy atom. The minimum absolute atomic E-state index is 0.00605. The summed E-state index contributed by atoms with van der Waals surface area (Å²) in [5, 5.41) is 2.90. The van der Waals surface area contributed by atoms with Crippen molar-refractivity contribution in [2.24, 2.45) is 0 Å². The summed E-state index contributed by atoms with van der Waals surface area (Å²) in [6.45, 7) is 0.00605. The van der Waals surface area contributed by atoms with Gasteiger partial charge in [0.2, 0.25) is 0 Å². The van der Waals surface area contributed by atoms with Crippen LogP contribution in [0.2, 0.25) is 0 Å². The Labute approximate surface area is 112 Å². The molecule has 2 N–H and O–H groups in total. The summed E-state index contributed by atoms with van der Waals surface area (Å²) in [4.78, 5) is 13.5. The molecule has 0 aliphatic heterocycles. The van der Waals surface area contributed by atoms with Crippen molar-refractivity contribution in [3.8, 4) is 0 Å². The van der Waals surface area contributed by atoms with E-state index in [9.17, 15) is 13.6 Å². The number of aromatic amines is 1. The van der Waals surface area contributed by atoms with E-state index in [-0.39, 0.29) is 12.1 Å². The van der Waals surface area contributed by atoms with Gasteiger partial charge in [0.15, 0.2) is 5.58 Å². The van der Waals surface area contributed by atoms with Crippen molar-refractivity contribution in [1.29, 1.82) is 0 Å². The minimum Gasteiger partial charge on any atom is -0.408 e. The van der Waals surface area contributed by atoms with E-state index in [2.05, 4.69) is 10.3 Å². The summed E-state index contributed by atoms with van der Waals surface area (Å²) < 4.78 is 31.8. The molecule has 0 bridgehead atoms. The lowest BCUT2D eigenvalue weighted by Crippen LogP contribution is -2.04. The fourth-order valence-electron chi connectivity index (χ4n) is 1.95. The van der Waals surface area contributed by atoms with E-state index in [1.807, 2.05) is 0 Å². The average molecular weight is 276 g/mol. The third kappa shape index (κ3) is 2.27. The summed E-state index contributed by atoms with van der Waals surface area (Å²) in [5.41, 5.74) is 1.54. The quantitative estimate of drug-likeness (QED) is 0.773. The van der Waals surface area contributed by atoms with Gasteiger partial charge in [-0.25, -0.2) is 13.6 Å². The number of rotatable bonds is 3. The molecule has 0 spiro atoms. The van der Waals surface area contributed by atoms with E-state index in [4.69, 9.17) is 4.42 Å². The number of benzene rings is 2. The molecule has 0 radical (unpaired) electrons. The van der Waals surface area contributed by atoms with Gasteiger partial charge in [0.25, 0.3) is 0 Å². The number of halogens is 2.